The zero-order valence-corrected chi connectivity index (χ0v) is 17.0. The van der Waals surface area contributed by atoms with E-state index in [2.05, 4.69) is 31.9 Å². The second kappa shape index (κ2) is 8.49. The third-order valence-corrected chi connectivity index (χ3v) is 4.19. The minimum absolute atomic E-state index is 0.0134. The summed E-state index contributed by atoms with van der Waals surface area (Å²) in [4.78, 5) is 24.2. The first-order valence-corrected chi connectivity index (χ1v) is 8.96. The zero-order valence-electron chi connectivity index (χ0n) is 13.8. The van der Waals surface area contributed by atoms with E-state index in [-0.39, 0.29) is 17.4 Å². The van der Waals surface area contributed by atoms with Crippen LogP contribution in [0, 0.1) is 0 Å². The molecule has 25 heavy (non-hydrogen) atoms. The molecular formula is C18H16Br2O5. The van der Waals surface area contributed by atoms with Crippen LogP contribution in [0.1, 0.15) is 34.6 Å². The molecule has 0 aliphatic heterocycles. The van der Waals surface area contributed by atoms with E-state index in [1.807, 2.05) is 13.8 Å². The molecule has 2 aromatic rings. The van der Waals surface area contributed by atoms with Gasteiger partial charge in [0.15, 0.2) is 0 Å². The Bertz CT molecular complexity index is 802. The van der Waals surface area contributed by atoms with Crippen LogP contribution in [-0.2, 0) is 4.74 Å². The van der Waals surface area contributed by atoms with E-state index in [0.29, 0.717) is 20.3 Å². The summed E-state index contributed by atoms with van der Waals surface area (Å²) in [5.74, 6) is -0.431. The molecule has 0 heterocycles. The maximum absolute atomic E-state index is 12.4. The summed E-state index contributed by atoms with van der Waals surface area (Å²) >= 11 is 6.65. The van der Waals surface area contributed by atoms with Gasteiger partial charge >= 0.3 is 11.9 Å². The number of halogens is 2. The number of hydrogen-bond acceptors (Lipinski definition) is 5. The molecule has 0 unspecified atom stereocenters. The fourth-order valence-electron chi connectivity index (χ4n) is 2.00. The van der Waals surface area contributed by atoms with E-state index in [0.717, 1.165) is 0 Å². The SMILES string of the molecule is COC(=O)c1cc(Br)ccc1OC(=O)c1ccc(OC(C)C)c(Br)c1. The van der Waals surface area contributed by atoms with E-state index < -0.39 is 11.9 Å². The van der Waals surface area contributed by atoms with Crippen molar-refractivity contribution >= 4 is 43.8 Å². The Hall–Kier alpha value is -1.86. The van der Waals surface area contributed by atoms with Crippen molar-refractivity contribution in [2.75, 3.05) is 7.11 Å². The first-order valence-electron chi connectivity index (χ1n) is 7.38. The highest BCUT2D eigenvalue weighted by atomic mass is 79.9. The molecule has 0 saturated heterocycles. The van der Waals surface area contributed by atoms with Crippen LogP contribution < -0.4 is 9.47 Å². The number of esters is 2. The van der Waals surface area contributed by atoms with Crippen molar-refractivity contribution in [3.8, 4) is 11.5 Å². The van der Waals surface area contributed by atoms with Gasteiger partial charge in [-0.05, 0) is 66.2 Å². The summed E-state index contributed by atoms with van der Waals surface area (Å²) in [5.41, 5.74) is 0.478. The smallest absolute Gasteiger partial charge is 0.343 e. The summed E-state index contributed by atoms with van der Waals surface area (Å²) in [6.45, 7) is 3.83. The van der Waals surface area contributed by atoms with Crippen molar-refractivity contribution in [3.05, 3.63) is 56.5 Å². The zero-order chi connectivity index (χ0) is 18.6. The summed E-state index contributed by atoms with van der Waals surface area (Å²) in [7, 11) is 1.26. The number of ether oxygens (including phenoxy) is 3. The van der Waals surface area contributed by atoms with Crippen LogP contribution in [0.5, 0.6) is 11.5 Å². The molecule has 0 aliphatic rings. The molecule has 0 aromatic heterocycles. The Morgan fingerprint density at radius 2 is 1.64 bits per heavy atom. The third-order valence-electron chi connectivity index (χ3n) is 3.08. The average molecular weight is 472 g/mol. The lowest BCUT2D eigenvalue weighted by Gasteiger charge is -2.13. The largest absolute Gasteiger partial charge is 0.490 e. The molecule has 5 nitrogen and oxygen atoms in total. The van der Waals surface area contributed by atoms with E-state index in [1.54, 1.807) is 24.3 Å². The van der Waals surface area contributed by atoms with Gasteiger partial charge in [0.1, 0.15) is 17.1 Å². The second-order valence-electron chi connectivity index (χ2n) is 5.33. The third kappa shape index (κ3) is 5.06. The van der Waals surface area contributed by atoms with Crippen molar-refractivity contribution in [2.45, 2.75) is 20.0 Å². The summed E-state index contributed by atoms with van der Waals surface area (Å²) in [5, 5.41) is 0. The molecule has 0 bridgehead atoms. The fourth-order valence-corrected chi connectivity index (χ4v) is 2.83. The molecule has 2 rings (SSSR count). The summed E-state index contributed by atoms with van der Waals surface area (Å²) in [6, 6.07) is 9.62. The van der Waals surface area contributed by atoms with Gasteiger partial charge in [0.2, 0.25) is 0 Å². The highest BCUT2D eigenvalue weighted by Gasteiger charge is 2.18. The molecule has 132 valence electrons. The lowest BCUT2D eigenvalue weighted by Crippen LogP contribution is -2.13. The van der Waals surface area contributed by atoms with Gasteiger partial charge in [-0.15, -0.1) is 0 Å². The Kier molecular flexibility index (Phi) is 6.61. The van der Waals surface area contributed by atoms with Gasteiger partial charge in [-0.25, -0.2) is 9.59 Å². The molecular weight excluding hydrogens is 456 g/mol. The number of benzene rings is 2. The van der Waals surface area contributed by atoms with Gasteiger partial charge in [0.25, 0.3) is 0 Å². The first kappa shape index (κ1) is 19.5. The van der Waals surface area contributed by atoms with E-state index >= 15 is 0 Å². The summed E-state index contributed by atoms with van der Waals surface area (Å²) < 4.78 is 17.0. The molecule has 0 spiro atoms. The van der Waals surface area contributed by atoms with E-state index in [1.165, 1.54) is 19.2 Å². The molecule has 7 heteroatoms. The highest BCUT2D eigenvalue weighted by molar-refractivity contribution is 9.10. The van der Waals surface area contributed by atoms with Crippen LogP contribution in [0.25, 0.3) is 0 Å². The lowest BCUT2D eigenvalue weighted by atomic mass is 10.2. The van der Waals surface area contributed by atoms with Crippen LogP contribution in [0.4, 0.5) is 0 Å². The number of hydrogen-bond donors (Lipinski definition) is 0. The molecule has 0 amide bonds. The molecule has 0 atom stereocenters. The van der Waals surface area contributed by atoms with E-state index in [9.17, 15) is 9.59 Å². The van der Waals surface area contributed by atoms with Crippen molar-refractivity contribution in [1.82, 2.24) is 0 Å². The van der Waals surface area contributed by atoms with Crippen LogP contribution in [0.3, 0.4) is 0 Å². The number of rotatable bonds is 5. The Morgan fingerprint density at radius 1 is 0.960 bits per heavy atom. The van der Waals surface area contributed by atoms with Gasteiger partial charge in [-0.3, -0.25) is 0 Å². The maximum atomic E-state index is 12.4. The quantitative estimate of drug-likeness (QED) is 0.453. The Labute approximate surface area is 162 Å². The van der Waals surface area contributed by atoms with Gasteiger partial charge in [-0.1, -0.05) is 15.9 Å². The number of carbonyl (C=O) groups excluding carboxylic acids is 2. The summed E-state index contributed by atoms with van der Waals surface area (Å²) in [6.07, 6.45) is 0.0134. The molecule has 2 aromatic carbocycles. The monoisotopic (exact) mass is 470 g/mol. The molecule has 0 radical (unpaired) electrons. The lowest BCUT2D eigenvalue weighted by molar-refractivity contribution is 0.0593. The predicted octanol–water partition coefficient (Wildman–Crippen LogP) is 5.00. The van der Waals surface area contributed by atoms with Crippen molar-refractivity contribution in [1.29, 1.82) is 0 Å². The van der Waals surface area contributed by atoms with Gasteiger partial charge in [0, 0.05) is 4.47 Å². The maximum Gasteiger partial charge on any atom is 0.343 e. The van der Waals surface area contributed by atoms with Crippen LogP contribution >= 0.6 is 31.9 Å². The normalized spacial score (nSPS) is 10.5. The molecule has 0 saturated carbocycles. The second-order valence-corrected chi connectivity index (χ2v) is 7.10. The van der Waals surface area contributed by atoms with Gasteiger partial charge in [0.05, 0.1) is 23.2 Å². The van der Waals surface area contributed by atoms with Crippen LogP contribution in [0.15, 0.2) is 45.3 Å². The first-order chi connectivity index (χ1) is 11.8. The highest BCUT2D eigenvalue weighted by Crippen LogP contribution is 2.29. The van der Waals surface area contributed by atoms with Crippen LogP contribution in [-0.4, -0.2) is 25.2 Å². The molecule has 0 aliphatic carbocycles. The van der Waals surface area contributed by atoms with Crippen molar-refractivity contribution in [2.24, 2.45) is 0 Å². The Morgan fingerprint density at radius 3 is 2.24 bits per heavy atom. The Balaban J connectivity index is 2.26. The van der Waals surface area contributed by atoms with Gasteiger partial charge in [-0.2, -0.15) is 0 Å². The standard InChI is InChI=1S/C18H16Br2O5/c1-10(2)24-16-6-4-11(8-14(16)20)17(21)25-15-7-5-12(19)9-13(15)18(22)23-3/h4-10H,1-3H3. The fraction of sp³-hybridized carbons (Fsp3) is 0.222. The predicted molar refractivity (Wildman–Crippen MR) is 100 cm³/mol. The minimum atomic E-state index is -0.593. The molecule has 0 fully saturated rings. The number of carbonyl (C=O) groups is 2. The minimum Gasteiger partial charge on any atom is -0.490 e. The van der Waals surface area contributed by atoms with Crippen molar-refractivity contribution in [3.63, 3.8) is 0 Å². The van der Waals surface area contributed by atoms with Gasteiger partial charge < -0.3 is 14.2 Å². The van der Waals surface area contributed by atoms with E-state index in [4.69, 9.17) is 14.2 Å². The topological polar surface area (TPSA) is 61.8 Å². The van der Waals surface area contributed by atoms with Crippen LogP contribution in [0.2, 0.25) is 0 Å². The number of methoxy groups -OCH3 is 1. The van der Waals surface area contributed by atoms with Crippen molar-refractivity contribution < 1.29 is 23.8 Å². The average Bonchev–Trinajstić information content (AvgIpc) is 2.57. The molecule has 0 N–H and O–H groups in total.